The highest BCUT2D eigenvalue weighted by molar-refractivity contribution is 5.92. The zero-order chi connectivity index (χ0) is 30.2. The van der Waals surface area contributed by atoms with E-state index in [0.717, 1.165) is 66.6 Å². The van der Waals surface area contributed by atoms with Gasteiger partial charge in [0.05, 0.1) is 12.0 Å². The summed E-state index contributed by atoms with van der Waals surface area (Å²) in [6.45, 7) is 12.2. The van der Waals surface area contributed by atoms with E-state index in [9.17, 15) is 14.9 Å². The number of hydrogen-bond acceptors (Lipinski definition) is 7. The number of benzene rings is 1. The summed E-state index contributed by atoms with van der Waals surface area (Å²) in [6, 6.07) is 14.2. The Balaban J connectivity index is 1.20. The summed E-state index contributed by atoms with van der Waals surface area (Å²) in [5.41, 5.74) is 2.13. The molecule has 3 aliphatic heterocycles. The van der Waals surface area contributed by atoms with E-state index in [0.29, 0.717) is 45.0 Å². The van der Waals surface area contributed by atoms with Crippen molar-refractivity contribution in [2.75, 3.05) is 50.7 Å². The number of rotatable bonds is 5. The first-order valence-electron chi connectivity index (χ1n) is 15.4. The van der Waals surface area contributed by atoms with Gasteiger partial charge in [0.15, 0.2) is 5.69 Å². The van der Waals surface area contributed by atoms with Crippen LogP contribution in [-0.4, -0.2) is 82.3 Å². The van der Waals surface area contributed by atoms with Gasteiger partial charge < -0.3 is 14.7 Å². The van der Waals surface area contributed by atoms with Crippen LogP contribution in [0.2, 0.25) is 0 Å². The number of carbonyl (C=O) groups excluding carboxylic acids is 2. The molecule has 5 heterocycles. The van der Waals surface area contributed by atoms with E-state index < -0.39 is 5.41 Å². The summed E-state index contributed by atoms with van der Waals surface area (Å²) in [4.78, 5) is 44.9. The molecule has 2 aromatic heterocycles. The number of nitriles is 1. The van der Waals surface area contributed by atoms with Gasteiger partial charge >= 0.3 is 0 Å². The maximum Gasteiger partial charge on any atom is 0.236 e. The van der Waals surface area contributed by atoms with Gasteiger partial charge in [0, 0.05) is 75.7 Å². The normalized spacial score (nSPS) is 21.3. The summed E-state index contributed by atoms with van der Waals surface area (Å²) in [5.74, 6) is 1.10. The fourth-order valence-corrected chi connectivity index (χ4v) is 7.11. The second-order valence-corrected chi connectivity index (χ2v) is 13.6. The summed E-state index contributed by atoms with van der Waals surface area (Å²) < 4.78 is 0. The first-order valence-corrected chi connectivity index (χ1v) is 15.4. The molecule has 0 bridgehead atoms. The molecular weight excluding hydrogens is 538 g/mol. The molecule has 2 fully saturated rings. The van der Waals surface area contributed by atoms with Crippen molar-refractivity contribution in [1.82, 2.24) is 24.7 Å². The number of aromatic nitrogens is 2. The van der Waals surface area contributed by atoms with E-state index in [1.807, 2.05) is 40.1 Å². The molecule has 0 N–H and O–H groups in total. The summed E-state index contributed by atoms with van der Waals surface area (Å²) in [6.07, 6.45) is 5.99. The van der Waals surface area contributed by atoms with Crippen LogP contribution in [0, 0.1) is 22.2 Å². The summed E-state index contributed by atoms with van der Waals surface area (Å²) in [5, 5.41) is 11.8. The van der Waals surface area contributed by atoms with E-state index >= 15 is 0 Å². The molecule has 2 saturated heterocycles. The van der Waals surface area contributed by atoms with Gasteiger partial charge in [-0.25, -0.2) is 4.98 Å². The van der Waals surface area contributed by atoms with Crippen LogP contribution in [0.5, 0.6) is 0 Å². The molecule has 3 aromatic rings. The number of nitrogens with zero attached hydrogens (tertiary/aromatic N) is 7. The van der Waals surface area contributed by atoms with Crippen molar-refractivity contribution >= 4 is 28.4 Å². The Bertz CT molecular complexity index is 1560. The third-order valence-electron chi connectivity index (χ3n) is 9.15. The largest absolute Gasteiger partial charge is 0.354 e. The van der Waals surface area contributed by atoms with Gasteiger partial charge in [-0.1, -0.05) is 45.0 Å². The lowest BCUT2D eigenvalue weighted by molar-refractivity contribution is -0.144. The van der Waals surface area contributed by atoms with E-state index in [1.165, 1.54) is 0 Å². The van der Waals surface area contributed by atoms with Crippen molar-refractivity contribution in [1.29, 1.82) is 5.26 Å². The number of hydrogen-bond donors (Lipinski definition) is 0. The summed E-state index contributed by atoms with van der Waals surface area (Å²) in [7, 11) is 0. The molecule has 0 radical (unpaired) electrons. The third kappa shape index (κ3) is 5.94. The minimum absolute atomic E-state index is 0.0314. The quantitative estimate of drug-likeness (QED) is 0.447. The second kappa shape index (κ2) is 11.6. The Morgan fingerprint density at radius 3 is 2.51 bits per heavy atom. The van der Waals surface area contributed by atoms with Gasteiger partial charge in [-0.15, -0.1) is 0 Å². The molecule has 6 rings (SSSR count). The maximum atomic E-state index is 13.9. The van der Waals surface area contributed by atoms with Crippen LogP contribution in [0.25, 0.3) is 10.8 Å². The number of likely N-dealkylation sites (tertiary alicyclic amines) is 2. The van der Waals surface area contributed by atoms with Crippen molar-refractivity contribution in [2.45, 2.75) is 53.1 Å². The molecule has 3 aliphatic rings. The topological polar surface area (TPSA) is 96.7 Å². The van der Waals surface area contributed by atoms with Crippen LogP contribution in [0.1, 0.15) is 56.9 Å². The molecule has 224 valence electrons. The van der Waals surface area contributed by atoms with Crippen molar-refractivity contribution in [3.8, 4) is 6.07 Å². The third-order valence-corrected chi connectivity index (χ3v) is 9.15. The fourth-order valence-electron chi connectivity index (χ4n) is 7.11. The fraction of sp³-hybridized carbons (Fsp3) is 0.500. The van der Waals surface area contributed by atoms with Crippen molar-refractivity contribution in [2.24, 2.45) is 10.8 Å². The number of fused-ring (bicyclic) bond motifs is 3. The van der Waals surface area contributed by atoms with Crippen LogP contribution in [0.15, 0.2) is 48.8 Å². The number of piperidine rings is 1. The number of amides is 2. The molecular formula is C34H41N7O2. The molecule has 0 saturated carbocycles. The number of carbonyl (C=O) groups is 2. The van der Waals surface area contributed by atoms with Gasteiger partial charge in [-0.2, -0.15) is 5.26 Å². The number of anilines is 1. The molecule has 43 heavy (non-hydrogen) atoms. The Labute approximate surface area is 254 Å². The lowest BCUT2D eigenvalue weighted by Crippen LogP contribution is -2.52. The number of pyridine rings is 2. The van der Waals surface area contributed by atoms with Gasteiger partial charge in [0.25, 0.3) is 0 Å². The standard InChI is InChI=1S/C34H41N7O2/c1-33(2,3)23-41-18-17-38(21-28-26-7-4-5-8-27(26)29(19-35)37-31(28)41)22-30(42)40-15-6-11-34(24-40)12-16-39(32(34)43)20-25-9-13-36-14-10-25/h4-5,7-10,13-14H,6,11-12,15-18,20-24H2,1-3H3. The molecule has 1 unspecified atom stereocenters. The molecule has 9 nitrogen and oxygen atoms in total. The lowest BCUT2D eigenvalue weighted by atomic mass is 9.78. The highest BCUT2D eigenvalue weighted by atomic mass is 16.2. The Morgan fingerprint density at radius 2 is 1.77 bits per heavy atom. The minimum atomic E-state index is -0.482. The van der Waals surface area contributed by atoms with Crippen molar-refractivity contribution in [3.05, 3.63) is 65.6 Å². The Morgan fingerprint density at radius 1 is 1.00 bits per heavy atom. The van der Waals surface area contributed by atoms with Crippen LogP contribution in [0.4, 0.5) is 5.82 Å². The SMILES string of the molecule is CC(C)(C)CN1CCN(CC(=O)N2CCCC3(CCN(Cc4ccncc4)C3=O)C2)Cc2c1nc(C#N)c1ccccc21. The van der Waals surface area contributed by atoms with Crippen LogP contribution in [-0.2, 0) is 22.7 Å². The highest BCUT2D eigenvalue weighted by Crippen LogP contribution is 2.41. The predicted octanol–water partition coefficient (Wildman–Crippen LogP) is 4.21. The van der Waals surface area contributed by atoms with Crippen molar-refractivity contribution in [3.63, 3.8) is 0 Å². The first kappa shape index (κ1) is 29.1. The average Bonchev–Trinajstić information content (AvgIpc) is 3.17. The molecule has 2 amide bonds. The molecule has 1 atom stereocenters. The zero-order valence-electron chi connectivity index (χ0n) is 25.6. The van der Waals surface area contributed by atoms with Gasteiger partial charge in [0.1, 0.15) is 11.9 Å². The van der Waals surface area contributed by atoms with Gasteiger partial charge in [-0.05, 0) is 47.8 Å². The minimum Gasteiger partial charge on any atom is -0.354 e. The van der Waals surface area contributed by atoms with Crippen LogP contribution in [0.3, 0.4) is 0 Å². The van der Waals surface area contributed by atoms with Gasteiger partial charge in [-0.3, -0.25) is 19.5 Å². The van der Waals surface area contributed by atoms with Crippen LogP contribution >= 0.6 is 0 Å². The van der Waals surface area contributed by atoms with Crippen LogP contribution < -0.4 is 4.90 Å². The molecule has 1 aromatic carbocycles. The second-order valence-electron chi connectivity index (χ2n) is 13.6. The summed E-state index contributed by atoms with van der Waals surface area (Å²) >= 11 is 0. The molecule has 1 spiro atoms. The Hall–Kier alpha value is -4.03. The average molecular weight is 580 g/mol. The highest BCUT2D eigenvalue weighted by Gasteiger charge is 2.49. The predicted molar refractivity (Wildman–Crippen MR) is 166 cm³/mol. The van der Waals surface area contributed by atoms with E-state index in [4.69, 9.17) is 4.98 Å². The first-order chi connectivity index (χ1) is 20.7. The Kier molecular flexibility index (Phi) is 7.82. The zero-order valence-corrected chi connectivity index (χ0v) is 25.6. The monoisotopic (exact) mass is 579 g/mol. The maximum absolute atomic E-state index is 13.9. The smallest absolute Gasteiger partial charge is 0.236 e. The van der Waals surface area contributed by atoms with Crippen molar-refractivity contribution < 1.29 is 9.59 Å². The van der Waals surface area contributed by atoms with Gasteiger partial charge in [0.2, 0.25) is 11.8 Å². The van der Waals surface area contributed by atoms with E-state index in [2.05, 4.69) is 47.7 Å². The molecule has 9 heteroatoms. The van der Waals surface area contributed by atoms with E-state index in [-0.39, 0.29) is 17.2 Å². The van der Waals surface area contributed by atoms with E-state index in [1.54, 1.807) is 12.4 Å². The molecule has 0 aliphatic carbocycles. The lowest BCUT2D eigenvalue weighted by Gasteiger charge is -2.39.